The van der Waals surface area contributed by atoms with E-state index in [0.29, 0.717) is 5.56 Å². The van der Waals surface area contributed by atoms with Crippen LogP contribution in [-0.4, -0.2) is 12.0 Å². The van der Waals surface area contributed by atoms with E-state index in [0.717, 1.165) is 17.3 Å². The summed E-state index contributed by atoms with van der Waals surface area (Å²) >= 11 is 0. The summed E-state index contributed by atoms with van der Waals surface area (Å²) in [7, 11) is 1.78. The van der Waals surface area contributed by atoms with Gasteiger partial charge in [0.25, 0.3) is 0 Å². The molecule has 0 aliphatic heterocycles. The standard InChI is InChI=1S/C14H14F2N2/c1-9-11(4-3-7-18-9)14(17-2)10-5-6-12(15)13(16)8-10/h3-8,14,17H,1-2H3. The molecular weight excluding hydrogens is 234 g/mol. The van der Waals surface area contributed by atoms with Crippen LogP contribution in [0.25, 0.3) is 0 Å². The van der Waals surface area contributed by atoms with E-state index in [9.17, 15) is 8.78 Å². The van der Waals surface area contributed by atoms with Crippen LogP contribution in [0.5, 0.6) is 0 Å². The number of nitrogens with zero attached hydrogens (tertiary/aromatic N) is 1. The Morgan fingerprint density at radius 1 is 1.17 bits per heavy atom. The van der Waals surface area contributed by atoms with Crippen molar-refractivity contribution in [3.8, 4) is 0 Å². The zero-order valence-electron chi connectivity index (χ0n) is 10.2. The van der Waals surface area contributed by atoms with Crippen molar-refractivity contribution in [2.75, 3.05) is 7.05 Å². The first kappa shape index (κ1) is 12.6. The third kappa shape index (κ3) is 2.38. The molecule has 94 valence electrons. The Kier molecular flexibility index (Phi) is 3.67. The third-order valence-electron chi connectivity index (χ3n) is 2.92. The lowest BCUT2D eigenvalue weighted by atomic mass is 9.98. The lowest BCUT2D eigenvalue weighted by Gasteiger charge is -2.18. The predicted octanol–water partition coefficient (Wildman–Crippen LogP) is 2.98. The highest BCUT2D eigenvalue weighted by Crippen LogP contribution is 2.24. The SMILES string of the molecule is CNC(c1ccc(F)c(F)c1)c1cccnc1C. The maximum atomic E-state index is 13.3. The number of nitrogens with one attached hydrogen (secondary N) is 1. The van der Waals surface area contributed by atoms with Gasteiger partial charge in [-0.3, -0.25) is 4.98 Å². The highest BCUT2D eigenvalue weighted by Gasteiger charge is 2.16. The topological polar surface area (TPSA) is 24.9 Å². The highest BCUT2D eigenvalue weighted by molar-refractivity contribution is 5.34. The summed E-state index contributed by atoms with van der Waals surface area (Å²) in [5.41, 5.74) is 2.49. The van der Waals surface area contributed by atoms with Crippen LogP contribution in [0.1, 0.15) is 22.9 Å². The van der Waals surface area contributed by atoms with Gasteiger partial charge in [0.1, 0.15) is 0 Å². The first-order valence-corrected chi connectivity index (χ1v) is 5.67. The van der Waals surface area contributed by atoms with Gasteiger partial charge in [-0.2, -0.15) is 0 Å². The van der Waals surface area contributed by atoms with E-state index in [4.69, 9.17) is 0 Å². The molecule has 2 nitrogen and oxygen atoms in total. The third-order valence-corrected chi connectivity index (χ3v) is 2.92. The summed E-state index contributed by atoms with van der Waals surface area (Å²) in [6.45, 7) is 1.89. The second kappa shape index (κ2) is 5.23. The van der Waals surface area contributed by atoms with Crippen molar-refractivity contribution in [2.24, 2.45) is 0 Å². The van der Waals surface area contributed by atoms with E-state index in [1.807, 2.05) is 19.1 Å². The molecule has 0 aliphatic carbocycles. The predicted molar refractivity (Wildman–Crippen MR) is 66.2 cm³/mol. The molecule has 2 aromatic rings. The number of aryl methyl sites for hydroxylation is 1. The average molecular weight is 248 g/mol. The van der Waals surface area contributed by atoms with Gasteiger partial charge < -0.3 is 5.32 Å². The number of hydrogen-bond donors (Lipinski definition) is 1. The fourth-order valence-corrected chi connectivity index (χ4v) is 2.00. The molecule has 2 rings (SSSR count). The van der Waals surface area contributed by atoms with Gasteiger partial charge in [-0.1, -0.05) is 12.1 Å². The molecule has 0 radical (unpaired) electrons. The smallest absolute Gasteiger partial charge is 0.159 e. The molecule has 1 N–H and O–H groups in total. The second-order valence-corrected chi connectivity index (χ2v) is 4.07. The lowest BCUT2D eigenvalue weighted by molar-refractivity contribution is 0.505. The summed E-state index contributed by atoms with van der Waals surface area (Å²) in [5.74, 6) is -1.68. The molecule has 1 heterocycles. The average Bonchev–Trinajstić information content (AvgIpc) is 2.37. The molecule has 0 amide bonds. The van der Waals surface area contributed by atoms with Crippen molar-refractivity contribution in [3.63, 3.8) is 0 Å². The second-order valence-electron chi connectivity index (χ2n) is 4.07. The van der Waals surface area contributed by atoms with Crippen LogP contribution in [0.3, 0.4) is 0 Å². The van der Waals surface area contributed by atoms with Gasteiger partial charge in [0.2, 0.25) is 0 Å². The first-order chi connectivity index (χ1) is 8.63. The number of rotatable bonds is 3. The van der Waals surface area contributed by atoms with Crippen LogP contribution in [0.4, 0.5) is 8.78 Å². The molecule has 0 spiro atoms. The monoisotopic (exact) mass is 248 g/mol. The normalized spacial score (nSPS) is 12.4. The minimum Gasteiger partial charge on any atom is -0.309 e. The zero-order valence-corrected chi connectivity index (χ0v) is 10.2. The Labute approximate surface area is 105 Å². The maximum Gasteiger partial charge on any atom is 0.159 e. The Bertz CT molecular complexity index is 555. The van der Waals surface area contributed by atoms with Gasteiger partial charge in [0.15, 0.2) is 11.6 Å². The van der Waals surface area contributed by atoms with E-state index >= 15 is 0 Å². The molecule has 0 saturated heterocycles. The molecule has 0 saturated carbocycles. The minimum absolute atomic E-state index is 0.200. The lowest BCUT2D eigenvalue weighted by Crippen LogP contribution is -2.19. The maximum absolute atomic E-state index is 13.3. The van der Waals surface area contributed by atoms with Crippen LogP contribution in [0.15, 0.2) is 36.5 Å². The molecule has 1 atom stereocenters. The van der Waals surface area contributed by atoms with Crippen molar-refractivity contribution in [2.45, 2.75) is 13.0 Å². The molecule has 0 fully saturated rings. The van der Waals surface area contributed by atoms with Crippen LogP contribution < -0.4 is 5.32 Å². The van der Waals surface area contributed by atoms with E-state index in [-0.39, 0.29) is 6.04 Å². The fraction of sp³-hybridized carbons (Fsp3) is 0.214. The number of pyridine rings is 1. The van der Waals surface area contributed by atoms with Crippen LogP contribution >= 0.6 is 0 Å². The number of benzene rings is 1. The van der Waals surface area contributed by atoms with Crippen LogP contribution in [-0.2, 0) is 0 Å². The molecule has 0 bridgehead atoms. The first-order valence-electron chi connectivity index (χ1n) is 5.67. The van der Waals surface area contributed by atoms with E-state index in [2.05, 4.69) is 10.3 Å². The quantitative estimate of drug-likeness (QED) is 0.903. The zero-order chi connectivity index (χ0) is 13.1. The van der Waals surface area contributed by atoms with E-state index in [1.165, 1.54) is 6.07 Å². The Balaban J connectivity index is 2.45. The fourth-order valence-electron chi connectivity index (χ4n) is 2.00. The number of halogens is 2. The van der Waals surface area contributed by atoms with Crippen molar-refractivity contribution in [1.82, 2.24) is 10.3 Å². The molecule has 1 aromatic heterocycles. The highest BCUT2D eigenvalue weighted by atomic mass is 19.2. The summed E-state index contributed by atoms with van der Waals surface area (Å²) in [4.78, 5) is 4.21. The number of hydrogen-bond acceptors (Lipinski definition) is 2. The van der Waals surface area contributed by atoms with Gasteiger partial charge in [0.05, 0.1) is 6.04 Å². The van der Waals surface area contributed by atoms with E-state index < -0.39 is 11.6 Å². The van der Waals surface area contributed by atoms with E-state index in [1.54, 1.807) is 19.3 Å². The molecule has 18 heavy (non-hydrogen) atoms. The van der Waals surface area contributed by atoms with Crippen molar-refractivity contribution < 1.29 is 8.78 Å². The van der Waals surface area contributed by atoms with Gasteiger partial charge in [-0.25, -0.2) is 8.78 Å². The Morgan fingerprint density at radius 2 is 1.94 bits per heavy atom. The van der Waals surface area contributed by atoms with Gasteiger partial charge in [-0.15, -0.1) is 0 Å². The Hall–Kier alpha value is -1.81. The molecule has 1 unspecified atom stereocenters. The molecule has 1 aromatic carbocycles. The largest absolute Gasteiger partial charge is 0.309 e. The van der Waals surface area contributed by atoms with Crippen LogP contribution in [0, 0.1) is 18.6 Å². The van der Waals surface area contributed by atoms with Crippen molar-refractivity contribution >= 4 is 0 Å². The molecule has 4 heteroatoms. The van der Waals surface area contributed by atoms with Gasteiger partial charge in [0, 0.05) is 11.9 Å². The summed E-state index contributed by atoms with van der Waals surface area (Å²) in [6.07, 6.45) is 1.71. The summed E-state index contributed by atoms with van der Waals surface area (Å²) in [6, 6.07) is 7.47. The Morgan fingerprint density at radius 3 is 2.56 bits per heavy atom. The molecule has 0 aliphatic rings. The van der Waals surface area contributed by atoms with Gasteiger partial charge >= 0.3 is 0 Å². The molecular formula is C14H14F2N2. The van der Waals surface area contributed by atoms with Crippen molar-refractivity contribution in [1.29, 1.82) is 0 Å². The summed E-state index contributed by atoms with van der Waals surface area (Å²) < 4.78 is 26.2. The number of aromatic nitrogens is 1. The van der Waals surface area contributed by atoms with Crippen LogP contribution in [0.2, 0.25) is 0 Å². The van der Waals surface area contributed by atoms with Gasteiger partial charge in [-0.05, 0) is 43.3 Å². The minimum atomic E-state index is -0.839. The van der Waals surface area contributed by atoms with Crippen molar-refractivity contribution in [3.05, 3.63) is 65.0 Å². The summed E-state index contributed by atoms with van der Waals surface area (Å²) in [5, 5.41) is 3.09.